The molecule has 1 aromatic heterocycles. The topological polar surface area (TPSA) is 122 Å². The summed E-state index contributed by atoms with van der Waals surface area (Å²) >= 11 is 6.04. The van der Waals surface area contributed by atoms with E-state index in [1.54, 1.807) is 25.1 Å². The molecule has 0 saturated heterocycles. The number of aryl methyl sites for hydroxylation is 1. The number of rotatable bonds is 6. The highest BCUT2D eigenvalue weighted by Crippen LogP contribution is 2.24. The number of benzene rings is 2. The number of nitrogens with zero attached hydrogens (tertiary/aromatic N) is 4. The molecule has 0 radical (unpaired) electrons. The predicted octanol–water partition coefficient (Wildman–Crippen LogP) is 3.41. The van der Waals surface area contributed by atoms with E-state index in [0.29, 0.717) is 10.7 Å². The van der Waals surface area contributed by atoms with Gasteiger partial charge in [-0.3, -0.25) is 19.5 Å². The van der Waals surface area contributed by atoms with Crippen LogP contribution in [0.4, 0.5) is 11.4 Å². The van der Waals surface area contributed by atoms with Crippen LogP contribution in [0.25, 0.3) is 11.1 Å². The van der Waals surface area contributed by atoms with Gasteiger partial charge in [0.2, 0.25) is 5.91 Å². The number of nitriles is 1. The Labute approximate surface area is 169 Å². The third-order valence-corrected chi connectivity index (χ3v) is 4.78. The van der Waals surface area contributed by atoms with Crippen molar-refractivity contribution in [1.82, 2.24) is 4.57 Å². The van der Waals surface area contributed by atoms with E-state index in [0.717, 1.165) is 10.1 Å². The van der Waals surface area contributed by atoms with Crippen LogP contribution >= 0.6 is 11.6 Å². The molecule has 0 spiro atoms. The zero-order chi connectivity index (χ0) is 21.1. The highest BCUT2D eigenvalue weighted by Gasteiger charge is 2.21. The van der Waals surface area contributed by atoms with Crippen molar-refractivity contribution >= 4 is 40.0 Å². The molecule has 3 aromatic rings. The van der Waals surface area contributed by atoms with Gasteiger partial charge in [-0.05, 0) is 36.8 Å². The van der Waals surface area contributed by atoms with Crippen LogP contribution in [0.1, 0.15) is 12.0 Å². The van der Waals surface area contributed by atoms with Gasteiger partial charge < -0.3 is 9.32 Å². The minimum atomic E-state index is -0.804. The van der Waals surface area contributed by atoms with Gasteiger partial charge in [-0.15, -0.1) is 0 Å². The molecule has 0 atom stereocenters. The Hall–Kier alpha value is -3.64. The number of nitro groups is 1. The fourth-order valence-electron chi connectivity index (χ4n) is 2.89. The lowest BCUT2D eigenvalue weighted by Crippen LogP contribution is -2.36. The van der Waals surface area contributed by atoms with Crippen LogP contribution < -0.4 is 10.7 Å². The number of amides is 1. The van der Waals surface area contributed by atoms with E-state index in [-0.39, 0.29) is 29.8 Å². The van der Waals surface area contributed by atoms with Crippen molar-refractivity contribution in [1.29, 1.82) is 5.26 Å². The summed E-state index contributed by atoms with van der Waals surface area (Å²) in [5.74, 6) is -1.28. The van der Waals surface area contributed by atoms with Crippen LogP contribution in [0.5, 0.6) is 0 Å². The number of carbonyl (C=O) groups excluding carboxylic acids is 1. The van der Waals surface area contributed by atoms with E-state index in [1.165, 1.54) is 23.1 Å². The number of aromatic nitrogens is 1. The summed E-state index contributed by atoms with van der Waals surface area (Å²) in [6.45, 7) is 1.49. The van der Waals surface area contributed by atoms with E-state index in [1.807, 2.05) is 6.07 Å². The first-order chi connectivity index (χ1) is 13.8. The van der Waals surface area contributed by atoms with Crippen molar-refractivity contribution in [3.63, 3.8) is 0 Å². The van der Waals surface area contributed by atoms with Gasteiger partial charge in [0, 0.05) is 29.4 Å². The molecule has 1 heterocycles. The molecule has 0 unspecified atom stereocenters. The maximum atomic E-state index is 13.0. The molecule has 0 saturated carbocycles. The third kappa shape index (κ3) is 4.12. The molecule has 0 aliphatic heterocycles. The van der Waals surface area contributed by atoms with Gasteiger partial charge in [0.15, 0.2) is 5.58 Å². The highest BCUT2D eigenvalue weighted by atomic mass is 35.5. The number of nitro benzene ring substituents is 1. The van der Waals surface area contributed by atoms with Crippen molar-refractivity contribution in [2.75, 3.05) is 11.4 Å². The summed E-state index contributed by atoms with van der Waals surface area (Å²) in [7, 11) is 0. The summed E-state index contributed by atoms with van der Waals surface area (Å²) in [5, 5.41) is 20.5. The van der Waals surface area contributed by atoms with E-state index in [4.69, 9.17) is 21.3 Å². The van der Waals surface area contributed by atoms with Crippen molar-refractivity contribution in [2.45, 2.75) is 19.9 Å². The number of hydrogen-bond donors (Lipinski definition) is 0. The third-order valence-electron chi connectivity index (χ3n) is 4.36. The molecule has 3 rings (SSSR count). The molecule has 2 aromatic carbocycles. The molecule has 0 aliphatic carbocycles. The predicted molar refractivity (Wildman–Crippen MR) is 106 cm³/mol. The quantitative estimate of drug-likeness (QED) is 0.450. The monoisotopic (exact) mass is 414 g/mol. The molecule has 0 aliphatic rings. The molecular formula is C19H15ClN4O5. The smallest absolute Gasteiger partial charge is 0.408 e. The molecule has 0 fully saturated rings. The van der Waals surface area contributed by atoms with E-state index in [2.05, 4.69) is 0 Å². The summed E-state index contributed by atoms with van der Waals surface area (Å²) in [6, 6.07) is 10.7. The Balaban J connectivity index is 1.99. The van der Waals surface area contributed by atoms with Gasteiger partial charge in [0.25, 0.3) is 5.69 Å². The van der Waals surface area contributed by atoms with Gasteiger partial charge in [0.1, 0.15) is 6.54 Å². The highest BCUT2D eigenvalue weighted by molar-refractivity contribution is 6.31. The number of carbonyl (C=O) groups is 1. The van der Waals surface area contributed by atoms with E-state index >= 15 is 0 Å². The SMILES string of the molecule is Cc1cc(N(CCC#N)C(=O)Cn2c(=O)oc3ccc([N+](=O)[O-])cc32)ccc1Cl. The first kappa shape index (κ1) is 20.1. The van der Waals surface area contributed by atoms with Gasteiger partial charge in [-0.25, -0.2) is 4.79 Å². The molecule has 0 N–H and O–H groups in total. The number of oxazole rings is 1. The Kier molecular flexibility index (Phi) is 5.66. The number of hydrogen-bond acceptors (Lipinski definition) is 6. The Morgan fingerprint density at radius 1 is 1.34 bits per heavy atom. The molecule has 1 amide bonds. The van der Waals surface area contributed by atoms with Gasteiger partial charge in [-0.1, -0.05) is 11.6 Å². The zero-order valence-electron chi connectivity index (χ0n) is 15.3. The summed E-state index contributed by atoms with van der Waals surface area (Å²) in [4.78, 5) is 37.0. The average Bonchev–Trinajstić information content (AvgIpc) is 2.99. The zero-order valence-corrected chi connectivity index (χ0v) is 16.0. The fraction of sp³-hybridized carbons (Fsp3) is 0.211. The van der Waals surface area contributed by atoms with Crippen LogP contribution in [0.3, 0.4) is 0 Å². The molecule has 10 heteroatoms. The van der Waals surface area contributed by atoms with Gasteiger partial charge in [-0.2, -0.15) is 5.26 Å². The van der Waals surface area contributed by atoms with E-state index < -0.39 is 23.1 Å². The maximum absolute atomic E-state index is 13.0. The molecular weight excluding hydrogens is 400 g/mol. The van der Waals surface area contributed by atoms with Gasteiger partial charge in [0.05, 0.1) is 22.9 Å². The first-order valence-electron chi connectivity index (χ1n) is 8.53. The lowest BCUT2D eigenvalue weighted by molar-refractivity contribution is -0.384. The van der Waals surface area contributed by atoms with Crippen LogP contribution in [0.15, 0.2) is 45.6 Å². The normalized spacial score (nSPS) is 10.7. The second-order valence-corrected chi connectivity index (χ2v) is 6.66. The fourth-order valence-corrected chi connectivity index (χ4v) is 3.01. The first-order valence-corrected chi connectivity index (χ1v) is 8.91. The average molecular weight is 415 g/mol. The van der Waals surface area contributed by atoms with Gasteiger partial charge >= 0.3 is 5.76 Å². The van der Waals surface area contributed by atoms with Crippen LogP contribution in [0, 0.1) is 28.4 Å². The van der Waals surface area contributed by atoms with Crippen LogP contribution in [0.2, 0.25) is 5.02 Å². The second-order valence-electron chi connectivity index (χ2n) is 6.25. The Morgan fingerprint density at radius 2 is 2.10 bits per heavy atom. The van der Waals surface area contributed by atoms with Crippen molar-refractivity contribution in [3.8, 4) is 6.07 Å². The summed E-state index contributed by atoms with van der Waals surface area (Å²) in [5.41, 5.74) is 1.33. The maximum Gasteiger partial charge on any atom is 0.420 e. The summed E-state index contributed by atoms with van der Waals surface area (Å²) in [6.07, 6.45) is 0.0833. The minimum Gasteiger partial charge on any atom is -0.408 e. The van der Waals surface area contributed by atoms with Crippen molar-refractivity contribution < 1.29 is 14.1 Å². The van der Waals surface area contributed by atoms with Crippen molar-refractivity contribution in [2.24, 2.45) is 0 Å². The molecule has 0 bridgehead atoms. The standard InChI is InChI=1S/C19H15ClN4O5/c1-12-9-13(3-5-15(12)20)22(8-2-7-21)18(25)11-23-16-10-14(24(27)28)4-6-17(16)29-19(23)26/h3-6,9-10H,2,8,11H2,1H3. The number of halogens is 1. The number of anilines is 1. The largest absolute Gasteiger partial charge is 0.420 e. The molecule has 148 valence electrons. The lowest BCUT2D eigenvalue weighted by Gasteiger charge is -2.22. The minimum absolute atomic E-state index is 0.0833. The molecule has 9 nitrogen and oxygen atoms in total. The second kappa shape index (κ2) is 8.16. The Morgan fingerprint density at radius 3 is 2.76 bits per heavy atom. The van der Waals surface area contributed by atoms with Crippen LogP contribution in [-0.2, 0) is 11.3 Å². The van der Waals surface area contributed by atoms with Crippen molar-refractivity contribution in [3.05, 3.63) is 67.6 Å². The molecule has 29 heavy (non-hydrogen) atoms. The number of fused-ring (bicyclic) bond motifs is 1. The van der Waals surface area contributed by atoms with E-state index in [9.17, 15) is 19.7 Å². The van der Waals surface area contributed by atoms with Crippen LogP contribution in [-0.4, -0.2) is 21.9 Å². The lowest BCUT2D eigenvalue weighted by atomic mass is 10.2. The number of non-ortho nitro benzene ring substituents is 1. The Bertz CT molecular complexity index is 1210. The summed E-state index contributed by atoms with van der Waals surface area (Å²) < 4.78 is 6.11.